The third-order valence-electron chi connectivity index (χ3n) is 3.71. The summed E-state index contributed by atoms with van der Waals surface area (Å²) in [5.74, 6) is -1.26. The molecule has 0 saturated heterocycles. The minimum Gasteiger partial charge on any atom is -0.480 e. The van der Waals surface area contributed by atoms with E-state index in [0.717, 1.165) is 32.1 Å². The molecule has 0 bridgehead atoms. The molecule has 1 aliphatic carbocycles. The molecule has 5 nitrogen and oxygen atoms in total. The lowest BCUT2D eigenvalue weighted by atomic mass is 9.83. The first-order valence-electron chi connectivity index (χ1n) is 6.72. The van der Waals surface area contributed by atoms with E-state index in [9.17, 15) is 14.7 Å². The topological polar surface area (TPSA) is 92.4 Å². The van der Waals surface area contributed by atoms with Gasteiger partial charge in [0.2, 0.25) is 5.91 Å². The summed E-state index contributed by atoms with van der Waals surface area (Å²) in [7, 11) is 0. The Morgan fingerprint density at radius 3 is 2.22 bits per heavy atom. The molecular weight excluding hydrogens is 232 g/mol. The normalized spacial score (nSPS) is 20.4. The Labute approximate surface area is 108 Å². The molecule has 0 radical (unpaired) electrons. The molecule has 0 aromatic carbocycles. The molecule has 2 atom stereocenters. The average molecular weight is 256 g/mol. The van der Waals surface area contributed by atoms with E-state index in [1.165, 1.54) is 0 Å². The fourth-order valence-corrected chi connectivity index (χ4v) is 2.40. The molecule has 0 aliphatic heterocycles. The third kappa shape index (κ3) is 3.98. The van der Waals surface area contributed by atoms with E-state index >= 15 is 0 Å². The smallest absolute Gasteiger partial charge is 0.326 e. The maximum absolute atomic E-state index is 11.8. The lowest BCUT2D eigenvalue weighted by molar-refractivity contribution is -0.144. The van der Waals surface area contributed by atoms with Crippen molar-refractivity contribution in [3.63, 3.8) is 0 Å². The highest BCUT2D eigenvalue weighted by Crippen LogP contribution is 2.26. The second kappa shape index (κ2) is 6.73. The van der Waals surface area contributed by atoms with Gasteiger partial charge >= 0.3 is 5.97 Å². The van der Waals surface area contributed by atoms with Crippen molar-refractivity contribution in [2.24, 2.45) is 17.6 Å². The Balaban J connectivity index is 2.62. The Kier molecular flexibility index (Phi) is 5.59. The van der Waals surface area contributed by atoms with Gasteiger partial charge in [-0.05, 0) is 24.7 Å². The molecule has 18 heavy (non-hydrogen) atoms. The molecule has 1 rings (SSSR count). The molecule has 0 aromatic rings. The van der Waals surface area contributed by atoms with Crippen LogP contribution in [0.5, 0.6) is 0 Å². The van der Waals surface area contributed by atoms with Crippen LogP contribution in [-0.4, -0.2) is 29.1 Å². The quantitative estimate of drug-likeness (QED) is 0.687. The fraction of sp³-hybridized carbons (Fsp3) is 0.846. The number of carboxylic acids is 1. The van der Waals surface area contributed by atoms with Crippen molar-refractivity contribution in [1.82, 2.24) is 5.32 Å². The number of carboxylic acid groups (broad SMARTS) is 1. The molecule has 1 aliphatic rings. The van der Waals surface area contributed by atoms with Gasteiger partial charge in [0.1, 0.15) is 6.04 Å². The predicted molar refractivity (Wildman–Crippen MR) is 69.0 cm³/mol. The van der Waals surface area contributed by atoms with Gasteiger partial charge in [0.15, 0.2) is 0 Å². The van der Waals surface area contributed by atoms with Crippen LogP contribution in [0.2, 0.25) is 0 Å². The van der Waals surface area contributed by atoms with Gasteiger partial charge in [-0.15, -0.1) is 0 Å². The molecule has 1 amide bonds. The van der Waals surface area contributed by atoms with Crippen LogP contribution >= 0.6 is 0 Å². The predicted octanol–water partition coefficient (Wildman–Crippen LogP) is 1.12. The second-order valence-electron chi connectivity index (χ2n) is 5.49. The Hall–Kier alpha value is -1.10. The molecule has 0 aromatic heterocycles. The van der Waals surface area contributed by atoms with Gasteiger partial charge in [0, 0.05) is 0 Å². The van der Waals surface area contributed by atoms with E-state index in [2.05, 4.69) is 5.32 Å². The Morgan fingerprint density at radius 1 is 1.22 bits per heavy atom. The summed E-state index contributed by atoms with van der Waals surface area (Å²) in [5, 5.41) is 11.8. The van der Waals surface area contributed by atoms with Gasteiger partial charge in [-0.1, -0.05) is 33.1 Å². The van der Waals surface area contributed by atoms with Gasteiger partial charge < -0.3 is 16.2 Å². The molecule has 1 fully saturated rings. The van der Waals surface area contributed by atoms with Crippen molar-refractivity contribution in [3.8, 4) is 0 Å². The minimum absolute atomic E-state index is 0.00537. The van der Waals surface area contributed by atoms with Crippen LogP contribution in [0.1, 0.15) is 46.0 Å². The summed E-state index contributed by atoms with van der Waals surface area (Å²) >= 11 is 0. The van der Waals surface area contributed by atoms with E-state index in [-0.39, 0.29) is 17.7 Å². The molecule has 4 N–H and O–H groups in total. The van der Waals surface area contributed by atoms with Crippen LogP contribution in [0.15, 0.2) is 0 Å². The lowest BCUT2D eigenvalue weighted by Gasteiger charge is -2.29. The van der Waals surface area contributed by atoms with Crippen molar-refractivity contribution < 1.29 is 14.7 Å². The fourth-order valence-electron chi connectivity index (χ4n) is 2.40. The summed E-state index contributed by atoms with van der Waals surface area (Å²) in [6.45, 7) is 3.70. The van der Waals surface area contributed by atoms with Gasteiger partial charge in [-0.25, -0.2) is 4.79 Å². The molecule has 0 unspecified atom stereocenters. The van der Waals surface area contributed by atoms with Crippen molar-refractivity contribution in [2.45, 2.75) is 58.0 Å². The zero-order valence-electron chi connectivity index (χ0n) is 11.2. The van der Waals surface area contributed by atoms with Gasteiger partial charge in [0.05, 0.1) is 6.04 Å². The largest absolute Gasteiger partial charge is 0.480 e. The molecule has 5 heteroatoms. The highest BCUT2D eigenvalue weighted by molar-refractivity contribution is 5.87. The maximum atomic E-state index is 11.8. The molecule has 1 saturated carbocycles. The number of amides is 1. The first-order chi connectivity index (χ1) is 8.43. The minimum atomic E-state index is -0.953. The van der Waals surface area contributed by atoms with E-state index in [1.807, 2.05) is 13.8 Å². The van der Waals surface area contributed by atoms with Crippen LogP contribution in [0.25, 0.3) is 0 Å². The zero-order chi connectivity index (χ0) is 13.7. The summed E-state index contributed by atoms with van der Waals surface area (Å²) in [6, 6.07) is -1.43. The number of hydrogen-bond donors (Lipinski definition) is 3. The van der Waals surface area contributed by atoms with Crippen LogP contribution in [0, 0.1) is 11.8 Å². The average Bonchev–Trinajstić information content (AvgIpc) is 2.35. The summed E-state index contributed by atoms with van der Waals surface area (Å²) < 4.78 is 0. The second-order valence-corrected chi connectivity index (χ2v) is 5.49. The molecular formula is C13H24N2O3. The van der Waals surface area contributed by atoms with Gasteiger partial charge in [0.25, 0.3) is 0 Å². The number of nitrogens with two attached hydrogens (primary N) is 1. The molecule has 0 spiro atoms. The van der Waals surface area contributed by atoms with E-state index in [1.54, 1.807) is 0 Å². The molecule has 104 valence electrons. The van der Waals surface area contributed by atoms with Crippen LogP contribution in [-0.2, 0) is 9.59 Å². The Morgan fingerprint density at radius 2 is 1.78 bits per heavy atom. The van der Waals surface area contributed by atoms with E-state index in [0.29, 0.717) is 0 Å². The monoisotopic (exact) mass is 256 g/mol. The zero-order valence-corrected chi connectivity index (χ0v) is 11.2. The van der Waals surface area contributed by atoms with Crippen molar-refractivity contribution in [3.05, 3.63) is 0 Å². The van der Waals surface area contributed by atoms with Gasteiger partial charge in [-0.3, -0.25) is 4.79 Å². The van der Waals surface area contributed by atoms with E-state index < -0.39 is 18.1 Å². The van der Waals surface area contributed by atoms with Crippen LogP contribution < -0.4 is 11.1 Å². The summed E-state index contributed by atoms with van der Waals surface area (Å²) in [6.07, 6.45) is 4.98. The number of aliphatic carboxylic acids is 1. The standard InChI is InChI=1S/C13H24N2O3/c1-8(2)10(14)12(16)15-11(13(17)18)9-6-4-3-5-7-9/h8-11H,3-7,14H2,1-2H3,(H,15,16)(H,17,18)/t10-,11-/m0/s1. The van der Waals surface area contributed by atoms with Crippen molar-refractivity contribution in [1.29, 1.82) is 0 Å². The SMILES string of the molecule is CC(C)[C@H](N)C(=O)N[C@H](C(=O)O)C1CCCCC1. The van der Waals surface area contributed by atoms with Crippen molar-refractivity contribution >= 4 is 11.9 Å². The van der Waals surface area contributed by atoms with E-state index in [4.69, 9.17) is 5.73 Å². The first-order valence-corrected chi connectivity index (χ1v) is 6.72. The lowest BCUT2D eigenvalue weighted by Crippen LogP contribution is -2.53. The molecule has 0 heterocycles. The Bertz CT molecular complexity index is 299. The van der Waals surface area contributed by atoms with Crippen LogP contribution in [0.3, 0.4) is 0 Å². The number of nitrogens with one attached hydrogen (secondary N) is 1. The maximum Gasteiger partial charge on any atom is 0.326 e. The first kappa shape index (κ1) is 15.0. The highest BCUT2D eigenvalue weighted by Gasteiger charge is 2.32. The number of rotatable bonds is 5. The number of carbonyl (C=O) groups is 2. The van der Waals surface area contributed by atoms with Gasteiger partial charge in [-0.2, -0.15) is 0 Å². The van der Waals surface area contributed by atoms with Crippen LogP contribution in [0.4, 0.5) is 0 Å². The van der Waals surface area contributed by atoms with Crippen molar-refractivity contribution in [2.75, 3.05) is 0 Å². The summed E-state index contributed by atoms with van der Waals surface area (Å²) in [4.78, 5) is 23.1. The third-order valence-corrected chi connectivity index (χ3v) is 3.71. The summed E-state index contributed by atoms with van der Waals surface area (Å²) in [5.41, 5.74) is 5.73. The highest BCUT2D eigenvalue weighted by atomic mass is 16.4. The number of carbonyl (C=O) groups excluding carboxylic acids is 1. The number of hydrogen-bond acceptors (Lipinski definition) is 3.